The fourth-order valence-corrected chi connectivity index (χ4v) is 2.76. The summed E-state index contributed by atoms with van der Waals surface area (Å²) in [5, 5.41) is 16.3. The molecule has 3 aromatic rings. The summed E-state index contributed by atoms with van der Waals surface area (Å²) in [5.74, 6) is -0.955. The van der Waals surface area contributed by atoms with Crippen LogP contribution in [-0.2, 0) is 0 Å². The molecule has 8 nitrogen and oxygen atoms in total. The number of anilines is 2. The Labute approximate surface area is 175 Å². The monoisotopic (exact) mass is 423 g/mol. The second-order valence-electron chi connectivity index (χ2n) is 6.15. The number of amides is 2. The van der Waals surface area contributed by atoms with Crippen LogP contribution in [0.4, 0.5) is 17.1 Å². The van der Waals surface area contributed by atoms with Gasteiger partial charge in [-0.25, -0.2) is 0 Å². The standard InChI is InChI=1S/C21H14ClN3O5/c22-19-10-9-17(25(29)30)11-18(19)21(28)24-16-7-5-15(6-8-16)23-20(27)14-3-1-13(12-26)2-4-14/h1-12H,(H,23,27)(H,24,28). The Balaban J connectivity index is 1.67. The molecule has 3 rings (SSSR count). The van der Waals surface area contributed by atoms with Crippen LogP contribution in [0, 0.1) is 10.1 Å². The van der Waals surface area contributed by atoms with Crippen LogP contribution in [0.15, 0.2) is 66.7 Å². The molecule has 0 atom stereocenters. The number of carbonyl (C=O) groups is 3. The number of hydrogen-bond donors (Lipinski definition) is 2. The molecule has 0 saturated carbocycles. The molecule has 0 aliphatic heterocycles. The lowest BCUT2D eigenvalue weighted by Crippen LogP contribution is -2.14. The third-order valence-corrected chi connectivity index (χ3v) is 4.44. The molecule has 0 unspecified atom stereocenters. The van der Waals surface area contributed by atoms with Crippen molar-refractivity contribution in [3.63, 3.8) is 0 Å². The molecule has 150 valence electrons. The Morgan fingerprint density at radius 2 is 1.43 bits per heavy atom. The highest BCUT2D eigenvalue weighted by Gasteiger charge is 2.16. The van der Waals surface area contributed by atoms with E-state index in [-0.39, 0.29) is 22.2 Å². The third kappa shape index (κ3) is 4.86. The van der Waals surface area contributed by atoms with E-state index in [0.717, 1.165) is 6.07 Å². The van der Waals surface area contributed by atoms with Crippen LogP contribution in [0.3, 0.4) is 0 Å². The molecule has 9 heteroatoms. The number of rotatable bonds is 6. The highest BCUT2D eigenvalue weighted by atomic mass is 35.5. The Morgan fingerprint density at radius 3 is 1.97 bits per heavy atom. The van der Waals surface area contributed by atoms with Gasteiger partial charge < -0.3 is 10.6 Å². The number of benzene rings is 3. The second-order valence-corrected chi connectivity index (χ2v) is 6.55. The molecule has 3 aromatic carbocycles. The number of nitro benzene ring substituents is 1. The number of nitro groups is 1. The second kappa shape index (κ2) is 8.97. The maximum absolute atomic E-state index is 12.4. The van der Waals surface area contributed by atoms with Gasteiger partial charge in [0.15, 0.2) is 0 Å². The quantitative estimate of drug-likeness (QED) is 0.342. The van der Waals surface area contributed by atoms with E-state index >= 15 is 0 Å². The van der Waals surface area contributed by atoms with Crippen LogP contribution >= 0.6 is 11.6 Å². The van der Waals surface area contributed by atoms with Crippen LogP contribution in [0.1, 0.15) is 31.1 Å². The van der Waals surface area contributed by atoms with E-state index < -0.39 is 10.8 Å². The first-order valence-electron chi connectivity index (χ1n) is 8.59. The molecule has 0 aromatic heterocycles. The summed E-state index contributed by atoms with van der Waals surface area (Å²) in [6.07, 6.45) is 0.690. The Morgan fingerprint density at radius 1 is 0.867 bits per heavy atom. The zero-order valence-electron chi connectivity index (χ0n) is 15.3. The van der Waals surface area contributed by atoms with Crippen LogP contribution in [-0.4, -0.2) is 23.0 Å². The molecule has 2 amide bonds. The van der Waals surface area contributed by atoms with E-state index in [0.29, 0.717) is 28.8 Å². The number of carbonyl (C=O) groups excluding carboxylic acids is 3. The molecule has 0 radical (unpaired) electrons. The Kier molecular flexibility index (Phi) is 6.19. The molecule has 0 aliphatic carbocycles. The lowest BCUT2D eigenvalue weighted by atomic mass is 10.1. The summed E-state index contributed by atoms with van der Waals surface area (Å²) in [6.45, 7) is 0. The number of hydrogen-bond acceptors (Lipinski definition) is 5. The normalized spacial score (nSPS) is 10.2. The predicted molar refractivity (Wildman–Crippen MR) is 112 cm³/mol. The van der Waals surface area contributed by atoms with Gasteiger partial charge in [0, 0.05) is 34.6 Å². The minimum Gasteiger partial charge on any atom is -0.322 e. The smallest absolute Gasteiger partial charge is 0.270 e. The average molecular weight is 424 g/mol. The van der Waals surface area contributed by atoms with Crippen molar-refractivity contribution in [1.29, 1.82) is 0 Å². The molecule has 0 bridgehead atoms. The van der Waals surface area contributed by atoms with Gasteiger partial charge in [-0.3, -0.25) is 24.5 Å². The number of halogens is 1. The minimum absolute atomic E-state index is 0.0259. The van der Waals surface area contributed by atoms with Crippen molar-refractivity contribution in [1.82, 2.24) is 0 Å². The van der Waals surface area contributed by atoms with Gasteiger partial charge in [-0.15, -0.1) is 0 Å². The SMILES string of the molecule is O=Cc1ccc(C(=O)Nc2ccc(NC(=O)c3cc([N+](=O)[O-])ccc3Cl)cc2)cc1. The fraction of sp³-hybridized carbons (Fsp3) is 0. The van der Waals surface area contributed by atoms with Crippen LogP contribution in [0.25, 0.3) is 0 Å². The predicted octanol–water partition coefficient (Wildman–Crippen LogP) is 4.57. The average Bonchev–Trinajstić information content (AvgIpc) is 2.75. The van der Waals surface area contributed by atoms with E-state index in [4.69, 9.17) is 11.6 Å². The number of non-ortho nitro benzene ring substituents is 1. The molecular formula is C21H14ClN3O5. The van der Waals surface area contributed by atoms with E-state index in [9.17, 15) is 24.5 Å². The van der Waals surface area contributed by atoms with Crippen LogP contribution in [0.5, 0.6) is 0 Å². The van der Waals surface area contributed by atoms with E-state index in [1.807, 2.05) is 0 Å². The van der Waals surface area contributed by atoms with Crippen molar-refractivity contribution >= 4 is 46.8 Å². The maximum atomic E-state index is 12.4. The van der Waals surface area contributed by atoms with Gasteiger partial charge in [0.1, 0.15) is 6.29 Å². The minimum atomic E-state index is -0.614. The first-order chi connectivity index (χ1) is 14.4. The zero-order valence-corrected chi connectivity index (χ0v) is 16.1. The lowest BCUT2D eigenvalue weighted by Gasteiger charge is -2.09. The summed E-state index contributed by atoms with van der Waals surface area (Å²) >= 11 is 5.97. The van der Waals surface area contributed by atoms with Crippen molar-refractivity contribution in [3.8, 4) is 0 Å². The Bertz CT molecular complexity index is 1130. The van der Waals surface area contributed by atoms with E-state index in [1.165, 1.54) is 24.3 Å². The fourth-order valence-electron chi connectivity index (χ4n) is 2.55. The maximum Gasteiger partial charge on any atom is 0.270 e. The summed E-state index contributed by atoms with van der Waals surface area (Å²) in [7, 11) is 0. The number of aldehydes is 1. The summed E-state index contributed by atoms with van der Waals surface area (Å²) in [4.78, 5) is 45.6. The van der Waals surface area contributed by atoms with Gasteiger partial charge in [-0.1, -0.05) is 23.7 Å². The molecule has 0 heterocycles. The van der Waals surface area contributed by atoms with Gasteiger partial charge in [0.2, 0.25) is 0 Å². The number of nitrogens with one attached hydrogen (secondary N) is 2. The highest BCUT2D eigenvalue weighted by Crippen LogP contribution is 2.23. The van der Waals surface area contributed by atoms with Gasteiger partial charge in [0.25, 0.3) is 17.5 Å². The third-order valence-electron chi connectivity index (χ3n) is 4.11. The van der Waals surface area contributed by atoms with Crippen molar-refractivity contribution in [2.24, 2.45) is 0 Å². The van der Waals surface area contributed by atoms with Crippen molar-refractivity contribution in [2.45, 2.75) is 0 Å². The van der Waals surface area contributed by atoms with E-state index in [1.54, 1.807) is 36.4 Å². The summed E-state index contributed by atoms with van der Waals surface area (Å²) in [5.41, 5.74) is 1.49. The molecule has 0 spiro atoms. The number of nitrogens with zero attached hydrogens (tertiary/aromatic N) is 1. The molecule has 30 heavy (non-hydrogen) atoms. The molecule has 0 aliphatic rings. The first-order valence-corrected chi connectivity index (χ1v) is 8.97. The molecule has 0 fully saturated rings. The van der Waals surface area contributed by atoms with E-state index in [2.05, 4.69) is 10.6 Å². The highest BCUT2D eigenvalue weighted by molar-refractivity contribution is 6.34. The van der Waals surface area contributed by atoms with Crippen LogP contribution in [0.2, 0.25) is 5.02 Å². The van der Waals surface area contributed by atoms with Crippen molar-refractivity contribution < 1.29 is 19.3 Å². The molecule has 0 saturated heterocycles. The largest absolute Gasteiger partial charge is 0.322 e. The van der Waals surface area contributed by atoms with Gasteiger partial charge >= 0.3 is 0 Å². The zero-order chi connectivity index (χ0) is 21.7. The van der Waals surface area contributed by atoms with Gasteiger partial charge in [-0.05, 0) is 42.5 Å². The summed E-state index contributed by atoms with van der Waals surface area (Å²) < 4.78 is 0. The topological polar surface area (TPSA) is 118 Å². The van der Waals surface area contributed by atoms with Gasteiger partial charge in [0.05, 0.1) is 15.5 Å². The summed E-state index contributed by atoms with van der Waals surface area (Å²) in [6, 6.07) is 16.1. The van der Waals surface area contributed by atoms with Crippen molar-refractivity contribution in [3.05, 3.63) is 98.6 Å². The molecular weight excluding hydrogens is 410 g/mol. The van der Waals surface area contributed by atoms with Crippen LogP contribution < -0.4 is 10.6 Å². The lowest BCUT2D eigenvalue weighted by molar-refractivity contribution is -0.384. The van der Waals surface area contributed by atoms with Gasteiger partial charge in [-0.2, -0.15) is 0 Å². The molecule has 2 N–H and O–H groups in total. The van der Waals surface area contributed by atoms with Crippen molar-refractivity contribution in [2.75, 3.05) is 10.6 Å². The first kappa shape index (κ1) is 20.7. The Hall–Kier alpha value is -4.04.